The SMILES string of the molecule is C=COCC1CC2CC1C1C=CCC21. The Labute approximate surface area is 85.8 Å². The fourth-order valence-corrected chi connectivity index (χ4v) is 4.07. The van der Waals surface area contributed by atoms with Gasteiger partial charge in [0.2, 0.25) is 0 Å². The maximum absolute atomic E-state index is 5.36. The maximum atomic E-state index is 5.36. The summed E-state index contributed by atoms with van der Waals surface area (Å²) in [6.45, 7) is 4.52. The molecule has 0 aromatic heterocycles. The lowest BCUT2D eigenvalue weighted by Gasteiger charge is -2.30. The van der Waals surface area contributed by atoms with Gasteiger partial charge in [-0.25, -0.2) is 0 Å². The average molecular weight is 190 g/mol. The smallest absolute Gasteiger partial charge is 0.0904 e. The second kappa shape index (κ2) is 3.15. The van der Waals surface area contributed by atoms with Crippen LogP contribution in [0.1, 0.15) is 19.3 Å². The summed E-state index contributed by atoms with van der Waals surface area (Å²) in [5.41, 5.74) is 0. The lowest BCUT2D eigenvalue weighted by Crippen LogP contribution is -2.26. The highest BCUT2D eigenvalue weighted by atomic mass is 16.5. The van der Waals surface area contributed by atoms with Crippen LogP contribution in [0.2, 0.25) is 0 Å². The van der Waals surface area contributed by atoms with E-state index in [1.54, 1.807) is 6.26 Å². The maximum Gasteiger partial charge on any atom is 0.0904 e. The van der Waals surface area contributed by atoms with E-state index in [-0.39, 0.29) is 0 Å². The molecule has 0 aromatic carbocycles. The highest BCUT2D eigenvalue weighted by molar-refractivity contribution is 5.13. The van der Waals surface area contributed by atoms with Crippen LogP contribution in [0.4, 0.5) is 0 Å². The van der Waals surface area contributed by atoms with Gasteiger partial charge in [0, 0.05) is 0 Å². The first kappa shape index (κ1) is 8.58. The summed E-state index contributed by atoms with van der Waals surface area (Å²) in [5, 5.41) is 0. The molecule has 0 aliphatic heterocycles. The molecule has 2 fully saturated rings. The van der Waals surface area contributed by atoms with Gasteiger partial charge in [0.15, 0.2) is 0 Å². The van der Waals surface area contributed by atoms with Gasteiger partial charge >= 0.3 is 0 Å². The predicted molar refractivity (Wildman–Crippen MR) is 56.6 cm³/mol. The number of hydrogen-bond donors (Lipinski definition) is 0. The Morgan fingerprint density at radius 3 is 3.14 bits per heavy atom. The molecule has 0 heterocycles. The van der Waals surface area contributed by atoms with Gasteiger partial charge in [-0.3, -0.25) is 0 Å². The molecule has 0 saturated heterocycles. The van der Waals surface area contributed by atoms with Gasteiger partial charge in [0.05, 0.1) is 12.9 Å². The van der Waals surface area contributed by atoms with Crippen LogP contribution in [-0.4, -0.2) is 6.61 Å². The molecule has 3 aliphatic rings. The van der Waals surface area contributed by atoms with E-state index in [1.807, 2.05) is 0 Å². The summed E-state index contributed by atoms with van der Waals surface area (Å²) in [5.74, 6) is 4.62. The van der Waals surface area contributed by atoms with Gasteiger partial charge in [0.25, 0.3) is 0 Å². The highest BCUT2D eigenvalue weighted by Crippen LogP contribution is 2.58. The number of rotatable bonds is 3. The summed E-state index contributed by atoms with van der Waals surface area (Å²) >= 11 is 0. The molecule has 3 aliphatic carbocycles. The summed E-state index contributed by atoms with van der Waals surface area (Å²) in [4.78, 5) is 0. The molecule has 0 spiro atoms. The first-order chi connectivity index (χ1) is 6.90. The van der Waals surface area contributed by atoms with Gasteiger partial charge in [-0.2, -0.15) is 0 Å². The van der Waals surface area contributed by atoms with E-state index in [0.717, 1.165) is 36.2 Å². The van der Waals surface area contributed by atoms with Crippen molar-refractivity contribution in [2.75, 3.05) is 6.61 Å². The van der Waals surface area contributed by atoms with E-state index in [1.165, 1.54) is 19.3 Å². The van der Waals surface area contributed by atoms with Crippen molar-refractivity contribution in [2.45, 2.75) is 19.3 Å². The molecule has 1 nitrogen and oxygen atoms in total. The Bertz CT molecular complexity index is 268. The minimum absolute atomic E-state index is 0.807. The van der Waals surface area contributed by atoms with Crippen molar-refractivity contribution in [3.63, 3.8) is 0 Å². The molecule has 2 saturated carbocycles. The highest BCUT2D eigenvalue weighted by Gasteiger charge is 2.52. The van der Waals surface area contributed by atoms with E-state index in [9.17, 15) is 0 Å². The molecule has 1 heteroatoms. The zero-order valence-electron chi connectivity index (χ0n) is 8.56. The van der Waals surface area contributed by atoms with Crippen molar-refractivity contribution in [3.8, 4) is 0 Å². The van der Waals surface area contributed by atoms with Crippen LogP contribution >= 0.6 is 0 Å². The van der Waals surface area contributed by atoms with Gasteiger partial charge in [0.1, 0.15) is 0 Å². The molecule has 0 N–H and O–H groups in total. The van der Waals surface area contributed by atoms with Gasteiger partial charge < -0.3 is 4.74 Å². The van der Waals surface area contributed by atoms with E-state index < -0.39 is 0 Å². The first-order valence-electron chi connectivity index (χ1n) is 5.79. The number of allylic oxidation sites excluding steroid dienone is 2. The Hall–Kier alpha value is -0.720. The van der Waals surface area contributed by atoms with Crippen LogP contribution in [0, 0.1) is 29.6 Å². The van der Waals surface area contributed by atoms with Crippen LogP contribution < -0.4 is 0 Å². The minimum Gasteiger partial charge on any atom is -0.502 e. The largest absolute Gasteiger partial charge is 0.502 e. The molecule has 0 aromatic rings. The number of ether oxygens (including phenoxy) is 1. The van der Waals surface area contributed by atoms with E-state index in [2.05, 4.69) is 18.7 Å². The molecule has 3 rings (SSSR count). The summed E-state index contributed by atoms with van der Waals surface area (Å²) in [6, 6.07) is 0. The minimum atomic E-state index is 0.807. The summed E-state index contributed by atoms with van der Waals surface area (Å²) < 4.78 is 5.36. The van der Waals surface area contributed by atoms with E-state index >= 15 is 0 Å². The number of hydrogen-bond acceptors (Lipinski definition) is 1. The van der Waals surface area contributed by atoms with Crippen LogP contribution in [0.25, 0.3) is 0 Å². The van der Waals surface area contributed by atoms with Crippen LogP contribution in [0.15, 0.2) is 25.0 Å². The van der Waals surface area contributed by atoms with Gasteiger partial charge in [-0.15, -0.1) is 0 Å². The molecule has 14 heavy (non-hydrogen) atoms. The van der Waals surface area contributed by atoms with Crippen molar-refractivity contribution in [1.82, 2.24) is 0 Å². The third-order valence-corrected chi connectivity index (χ3v) is 4.57. The third-order valence-electron chi connectivity index (χ3n) is 4.57. The summed E-state index contributed by atoms with van der Waals surface area (Å²) in [6.07, 6.45) is 10.7. The van der Waals surface area contributed by atoms with Gasteiger partial charge in [-0.1, -0.05) is 18.7 Å². The normalized spacial score (nSPS) is 48.1. The lowest BCUT2D eigenvalue weighted by molar-refractivity contribution is 0.120. The monoisotopic (exact) mass is 190 g/mol. The predicted octanol–water partition coefficient (Wildman–Crippen LogP) is 2.99. The Morgan fingerprint density at radius 1 is 1.36 bits per heavy atom. The average Bonchev–Trinajstić information content (AvgIpc) is 2.85. The molecular weight excluding hydrogens is 172 g/mol. The van der Waals surface area contributed by atoms with Gasteiger partial charge in [-0.05, 0) is 48.9 Å². The van der Waals surface area contributed by atoms with E-state index in [0.29, 0.717) is 0 Å². The van der Waals surface area contributed by atoms with Crippen molar-refractivity contribution in [1.29, 1.82) is 0 Å². The quantitative estimate of drug-likeness (QED) is 0.491. The fraction of sp³-hybridized carbons (Fsp3) is 0.692. The van der Waals surface area contributed by atoms with Crippen molar-refractivity contribution in [3.05, 3.63) is 25.0 Å². The topological polar surface area (TPSA) is 9.23 Å². The zero-order valence-corrected chi connectivity index (χ0v) is 8.56. The molecule has 76 valence electrons. The van der Waals surface area contributed by atoms with Crippen molar-refractivity contribution < 1.29 is 4.74 Å². The van der Waals surface area contributed by atoms with Crippen LogP contribution in [-0.2, 0) is 4.74 Å². The Balaban J connectivity index is 1.70. The van der Waals surface area contributed by atoms with Crippen LogP contribution in [0.3, 0.4) is 0 Å². The molecule has 0 amide bonds. The molecular formula is C13H18O. The second-order valence-electron chi connectivity index (χ2n) is 5.06. The third kappa shape index (κ3) is 1.08. The van der Waals surface area contributed by atoms with Crippen molar-refractivity contribution >= 4 is 0 Å². The van der Waals surface area contributed by atoms with E-state index in [4.69, 9.17) is 4.74 Å². The van der Waals surface area contributed by atoms with Crippen molar-refractivity contribution in [2.24, 2.45) is 29.6 Å². The lowest BCUT2D eigenvalue weighted by atomic mass is 9.76. The molecule has 5 unspecified atom stereocenters. The second-order valence-corrected chi connectivity index (χ2v) is 5.06. The molecule has 0 radical (unpaired) electrons. The molecule has 5 atom stereocenters. The standard InChI is InChI=1S/C13H18O/c1-2-14-8-10-6-9-7-13(10)12-5-3-4-11(9)12/h2-3,5,9-13H,1,4,6-8H2. The first-order valence-corrected chi connectivity index (χ1v) is 5.79. The van der Waals surface area contributed by atoms with Crippen LogP contribution in [0.5, 0.6) is 0 Å². The zero-order chi connectivity index (χ0) is 9.54. The Kier molecular flexibility index (Phi) is 1.93. The molecule has 2 bridgehead atoms. The summed E-state index contributed by atoms with van der Waals surface area (Å²) in [7, 11) is 0. The fourth-order valence-electron chi connectivity index (χ4n) is 4.07. The Morgan fingerprint density at radius 2 is 2.29 bits per heavy atom. The number of fused-ring (bicyclic) bond motifs is 5.